The van der Waals surface area contributed by atoms with E-state index in [-0.39, 0.29) is 22.3 Å². The number of carboxylic acid groups (broad SMARTS) is 1. The van der Waals surface area contributed by atoms with Gasteiger partial charge >= 0.3 is 5.97 Å². The average Bonchev–Trinajstić information content (AvgIpc) is 3.02. The van der Waals surface area contributed by atoms with E-state index in [0.717, 1.165) is 17.8 Å². The van der Waals surface area contributed by atoms with Crippen LogP contribution in [0.5, 0.6) is 0 Å². The average molecular weight is 287 g/mol. The number of benzene rings is 1. The highest BCUT2D eigenvalue weighted by molar-refractivity contribution is 7.14. The van der Waals surface area contributed by atoms with Crippen LogP contribution in [0.15, 0.2) is 24.3 Å². The number of nitrogens with zero attached hydrogens (tertiary/aromatic N) is 1. The minimum atomic E-state index is -1.14. The lowest BCUT2D eigenvalue weighted by molar-refractivity contribution is 0.0686. The van der Waals surface area contributed by atoms with Crippen LogP contribution in [0.25, 0.3) is 0 Å². The van der Waals surface area contributed by atoms with E-state index in [1.807, 2.05) is 12.1 Å². The first-order chi connectivity index (χ1) is 9.58. The normalized spacial score (nSPS) is 16.9. The van der Waals surface area contributed by atoms with Crippen molar-refractivity contribution in [3.63, 3.8) is 0 Å². The second kappa shape index (κ2) is 4.83. The zero-order chi connectivity index (χ0) is 14.3. The van der Waals surface area contributed by atoms with Crippen molar-refractivity contribution in [2.24, 2.45) is 0 Å². The van der Waals surface area contributed by atoms with E-state index in [1.165, 1.54) is 29.4 Å². The number of Topliss-reactive ketones (excluding diaryl/α,β-unsaturated/α-hetero) is 1. The van der Waals surface area contributed by atoms with E-state index < -0.39 is 5.97 Å². The number of hydrogen-bond donors (Lipinski definition) is 1. The second-order valence-corrected chi connectivity index (χ2v) is 5.91. The number of aromatic nitrogens is 1. The molecule has 5 heteroatoms. The molecule has 0 saturated heterocycles. The van der Waals surface area contributed by atoms with Crippen molar-refractivity contribution in [1.29, 1.82) is 0 Å². The van der Waals surface area contributed by atoms with Crippen molar-refractivity contribution in [3.05, 3.63) is 51.0 Å². The summed E-state index contributed by atoms with van der Waals surface area (Å²) in [6.07, 6.45) is 1.89. The Morgan fingerprint density at radius 3 is 2.75 bits per heavy atom. The zero-order valence-corrected chi connectivity index (χ0v) is 11.7. The Labute approximate surface area is 120 Å². The first-order valence-electron chi connectivity index (χ1n) is 6.40. The minimum Gasteiger partial charge on any atom is -0.476 e. The molecule has 1 heterocycles. The van der Waals surface area contributed by atoms with Crippen LogP contribution in [0.3, 0.4) is 0 Å². The molecule has 0 aliphatic heterocycles. The SMILES string of the molecule is CC(=O)c1sc(C2CCc3ccccc32)nc1C(=O)O. The molecular weight excluding hydrogens is 274 g/mol. The fourth-order valence-electron chi connectivity index (χ4n) is 2.68. The molecule has 1 aliphatic carbocycles. The number of fused-ring (bicyclic) bond motifs is 1. The standard InChI is InChI=1S/C15H13NO3S/c1-8(17)13-12(15(18)19)16-14(20-13)11-7-6-9-4-2-3-5-10(9)11/h2-5,11H,6-7H2,1H3,(H,18,19). The van der Waals surface area contributed by atoms with Gasteiger partial charge < -0.3 is 5.11 Å². The summed E-state index contributed by atoms with van der Waals surface area (Å²) in [4.78, 5) is 27.2. The Morgan fingerprint density at radius 1 is 1.35 bits per heavy atom. The van der Waals surface area contributed by atoms with Gasteiger partial charge in [0.2, 0.25) is 0 Å². The zero-order valence-electron chi connectivity index (χ0n) is 10.9. The van der Waals surface area contributed by atoms with Crippen LogP contribution < -0.4 is 0 Å². The fraction of sp³-hybridized carbons (Fsp3) is 0.267. The number of carboxylic acids is 1. The van der Waals surface area contributed by atoms with Gasteiger partial charge in [-0.2, -0.15) is 0 Å². The van der Waals surface area contributed by atoms with Crippen molar-refractivity contribution in [2.75, 3.05) is 0 Å². The molecule has 0 bridgehead atoms. The first-order valence-corrected chi connectivity index (χ1v) is 7.22. The highest BCUT2D eigenvalue weighted by Crippen LogP contribution is 2.40. The summed E-state index contributed by atoms with van der Waals surface area (Å²) in [6, 6.07) is 8.14. The first kappa shape index (κ1) is 13.0. The highest BCUT2D eigenvalue weighted by Gasteiger charge is 2.29. The van der Waals surface area contributed by atoms with Gasteiger partial charge in [0.25, 0.3) is 0 Å². The van der Waals surface area contributed by atoms with Crippen molar-refractivity contribution in [3.8, 4) is 0 Å². The van der Waals surface area contributed by atoms with Crippen LogP contribution >= 0.6 is 11.3 Å². The molecule has 0 fully saturated rings. The van der Waals surface area contributed by atoms with Crippen LogP contribution in [0.2, 0.25) is 0 Å². The number of aromatic carboxylic acids is 1. The molecule has 3 rings (SSSR count). The number of carbonyl (C=O) groups is 2. The molecule has 1 unspecified atom stereocenters. The maximum Gasteiger partial charge on any atom is 0.356 e. The number of carbonyl (C=O) groups excluding carboxylic acids is 1. The summed E-state index contributed by atoms with van der Waals surface area (Å²) in [6.45, 7) is 1.38. The molecule has 1 aromatic carbocycles. The Balaban J connectivity index is 2.07. The summed E-state index contributed by atoms with van der Waals surface area (Å²) in [5, 5.41) is 9.89. The second-order valence-electron chi connectivity index (χ2n) is 4.88. The molecule has 2 aromatic rings. The maximum atomic E-state index is 11.6. The van der Waals surface area contributed by atoms with E-state index in [0.29, 0.717) is 0 Å². The Morgan fingerprint density at radius 2 is 2.10 bits per heavy atom. The molecule has 1 aromatic heterocycles. The highest BCUT2D eigenvalue weighted by atomic mass is 32.1. The number of hydrogen-bond acceptors (Lipinski definition) is 4. The lowest BCUT2D eigenvalue weighted by atomic mass is 10.0. The summed E-state index contributed by atoms with van der Waals surface area (Å²) in [5.41, 5.74) is 2.38. The van der Waals surface area contributed by atoms with Gasteiger partial charge in [-0.1, -0.05) is 24.3 Å². The van der Waals surface area contributed by atoms with Gasteiger partial charge in [0.15, 0.2) is 11.5 Å². The summed E-state index contributed by atoms with van der Waals surface area (Å²) in [5.74, 6) is -1.26. The number of aryl methyl sites for hydroxylation is 1. The topological polar surface area (TPSA) is 67.3 Å². The Hall–Kier alpha value is -2.01. The van der Waals surface area contributed by atoms with Gasteiger partial charge in [0.05, 0.1) is 0 Å². The lowest BCUT2D eigenvalue weighted by Crippen LogP contribution is -2.04. The Bertz CT molecular complexity index is 673. The largest absolute Gasteiger partial charge is 0.476 e. The quantitative estimate of drug-likeness (QED) is 0.881. The van der Waals surface area contributed by atoms with Gasteiger partial charge in [0.1, 0.15) is 9.88 Å². The van der Waals surface area contributed by atoms with Crippen LogP contribution in [0.4, 0.5) is 0 Å². The number of thiazole rings is 1. The third-order valence-electron chi connectivity index (χ3n) is 3.60. The summed E-state index contributed by atoms with van der Waals surface area (Å²) >= 11 is 1.22. The molecule has 0 spiro atoms. The van der Waals surface area contributed by atoms with E-state index in [9.17, 15) is 9.59 Å². The molecule has 4 nitrogen and oxygen atoms in total. The van der Waals surface area contributed by atoms with Crippen LogP contribution in [0.1, 0.15) is 55.6 Å². The van der Waals surface area contributed by atoms with Crippen LogP contribution in [-0.4, -0.2) is 21.8 Å². The third kappa shape index (κ3) is 2.04. The molecule has 20 heavy (non-hydrogen) atoms. The van der Waals surface area contributed by atoms with Crippen LogP contribution in [0, 0.1) is 0 Å². The molecule has 0 radical (unpaired) electrons. The molecular formula is C15H13NO3S. The van der Waals surface area contributed by atoms with Gasteiger partial charge in [-0.3, -0.25) is 4.79 Å². The number of rotatable bonds is 3. The molecule has 1 aliphatic rings. The summed E-state index contributed by atoms with van der Waals surface area (Å²) in [7, 11) is 0. The summed E-state index contributed by atoms with van der Waals surface area (Å²) < 4.78 is 0. The Kier molecular flexibility index (Phi) is 3.14. The predicted molar refractivity (Wildman–Crippen MR) is 75.7 cm³/mol. The third-order valence-corrected chi connectivity index (χ3v) is 4.87. The van der Waals surface area contributed by atoms with Crippen molar-refractivity contribution in [1.82, 2.24) is 4.98 Å². The van der Waals surface area contributed by atoms with Crippen molar-refractivity contribution >= 4 is 23.1 Å². The maximum absolute atomic E-state index is 11.6. The van der Waals surface area contributed by atoms with Gasteiger partial charge in [-0.05, 0) is 24.0 Å². The van der Waals surface area contributed by atoms with Gasteiger partial charge in [-0.25, -0.2) is 9.78 Å². The van der Waals surface area contributed by atoms with E-state index in [2.05, 4.69) is 17.1 Å². The van der Waals surface area contributed by atoms with E-state index in [4.69, 9.17) is 5.11 Å². The molecule has 1 atom stereocenters. The molecule has 0 amide bonds. The molecule has 0 saturated carbocycles. The van der Waals surface area contributed by atoms with Crippen molar-refractivity contribution in [2.45, 2.75) is 25.7 Å². The molecule has 1 N–H and O–H groups in total. The van der Waals surface area contributed by atoms with Crippen LogP contribution in [-0.2, 0) is 6.42 Å². The van der Waals surface area contributed by atoms with Gasteiger partial charge in [-0.15, -0.1) is 11.3 Å². The van der Waals surface area contributed by atoms with Crippen molar-refractivity contribution < 1.29 is 14.7 Å². The smallest absolute Gasteiger partial charge is 0.356 e. The predicted octanol–water partition coefficient (Wildman–Crippen LogP) is 3.12. The van der Waals surface area contributed by atoms with E-state index in [1.54, 1.807) is 0 Å². The molecule has 102 valence electrons. The lowest BCUT2D eigenvalue weighted by Gasteiger charge is -2.07. The minimum absolute atomic E-state index is 0.109. The fourth-order valence-corrected chi connectivity index (χ4v) is 3.79. The monoisotopic (exact) mass is 287 g/mol. The van der Waals surface area contributed by atoms with Gasteiger partial charge in [0, 0.05) is 12.8 Å². The number of ketones is 1. The van der Waals surface area contributed by atoms with E-state index >= 15 is 0 Å².